The summed E-state index contributed by atoms with van der Waals surface area (Å²) in [5, 5.41) is 6.48. The van der Waals surface area contributed by atoms with Crippen molar-refractivity contribution in [1.82, 2.24) is 10.3 Å². The molecule has 2 aromatic rings. The minimum atomic E-state index is -0.718. The predicted molar refractivity (Wildman–Crippen MR) is 97.3 cm³/mol. The molecule has 0 aliphatic carbocycles. The quantitative estimate of drug-likeness (QED) is 0.621. The first-order valence-corrected chi connectivity index (χ1v) is 8.02. The van der Waals surface area contributed by atoms with Gasteiger partial charge in [-0.05, 0) is 44.5 Å². The number of fused-ring (bicyclic) bond motifs is 1. The molecule has 25 heavy (non-hydrogen) atoms. The molecule has 1 amide bonds. The first-order valence-electron chi connectivity index (χ1n) is 8.02. The largest absolute Gasteiger partial charge is 0.481 e. The number of hydrogen-bond acceptors (Lipinski definition) is 5. The molecule has 1 unspecified atom stereocenters. The molecule has 1 aromatic carbocycles. The van der Waals surface area contributed by atoms with Crippen LogP contribution in [0.25, 0.3) is 10.9 Å². The fourth-order valence-corrected chi connectivity index (χ4v) is 2.36. The maximum atomic E-state index is 12.4. The van der Waals surface area contributed by atoms with Gasteiger partial charge in [-0.2, -0.15) is 4.91 Å². The molecule has 0 saturated heterocycles. The minimum absolute atomic E-state index is 0.00825. The monoisotopic (exact) mass is 339 g/mol. The van der Waals surface area contributed by atoms with Gasteiger partial charge in [0.1, 0.15) is 12.3 Å². The summed E-state index contributed by atoms with van der Waals surface area (Å²) < 4.78 is 5.83. The number of hydrogen-bond donors (Lipinski definition) is 1. The average Bonchev–Trinajstić information content (AvgIpc) is 2.58. The maximum Gasteiger partial charge on any atom is 0.261 e. The lowest BCUT2D eigenvalue weighted by molar-refractivity contribution is -0.129. The Morgan fingerprint density at radius 1 is 1.44 bits per heavy atom. The molecule has 0 fully saturated rings. The Bertz CT molecular complexity index is 824. The van der Waals surface area contributed by atoms with E-state index in [1.54, 1.807) is 32.2 Å². The van der Waals surface area contributed by atoms with Crippen LogP contribution in [-0.2, 0) is 4.79 Å². The van der Waals surface area contributed by atoms with Crippen LogP contribution in [0.15, 0.2) is 35.6 Å². The van der Waals surface area contributed by atoms with Crippen molar-refractivity contribution >= 4 is 16.8 Å². The third kappa shape index (κ3) is 4.77. The van der Waals surface area contributed by atoms with E-state index >= 15 is 0 Å². The average molecular weight is 339 g/mol. The van der Waals surface area contributed by atoms with E-state index in [9.17, 15) is 9.70 Å². The van der Waals surface area contributed by atoms with Crippen LogP contribution in [0.2, 0.25) is 0 Å². The first-order chi connectivity index (χ1) is 11.9. The van der Waals surface area contributed by atoms with Crippen molar-refractivity contribution in [2.24, 2.45) is 5.18 Å². The SMILES string of the molecule is C#Cc1cnc2ccc(OC(CC)C(=O)NC(C)(C)CN=O)cc2c1. The van der Waals surface area contributed by atoms with Crippen LogP contribution in [0.3, 0.4) is 0 Å². The number of rotatable bonds is 7. The molecular weight excluding hydrogens is 318 g/mol. The highest BCUT2D eigenvalue weighted by molar-refractivity contribution is 5.83. The minimum Gasteiger partial charge on any atom is -0.481 e. The van der Waals surface area contributed by atoms with Gasteiger partial charge in [0.15, 0.2) is 6.10 Å². The van der Waals surface area contributed by atoms with Crippen molar-refractivity contribution in [2.45, 2.75) is 38.8 Å². The summed E-state index contributed by atoms with van der Waals surface area (Å²) in [4.78, 5) is 27.2. The number of carbonyl (C=O) groups is 1. The summed E-state index contributed by atoms with van der Waals surface area (Å²) in [6.45, 7) is 5.32. The molecule has 130 valence electrons. The van der Waals surface area contributed by atoms with Crippen LogP contribution < -0.4 is 10.1 Å². The topological polar surface area (TPSA) is 80.7 Å². The number of benzene rings is 1. The highest BCUT2D eigenvalue weighted by atomic mass is 16.5. The summed E-state index contributed by atoms with van der Waals surface area (Å²) in [6.07, 6.45) is 6.84. The molecule has 0 saturated carbocycles. The highest BCUT2D eigenvalue weighted by Gasteiger charge is 2.26. The van der Waals surface area contributed by atoms with E-state index < -0.39 is 11.6 Å². The smallest absolute Gasteiger partial charge is 0.261 e. The van der Waals surface area contributed by atoms with Gasteiger partial charge in [-0.15, -0.1) is 6.42 Å². The zero-order valence-electron chi connectivity index (χ0n) is 14.6. The van der Waals surface area contributed by atoms with Crippen molar-refractivity contribution in [2.75, 3.05) is 6.54 Å². The van der Waals surface area contributed by atoms with Gasteiger partial charge in [-0.25, -0.2) is 0 Å². The van der Waals surface area contributed by atoms with Crippen LogP contribution >= 0.6 is 0 Å². The molecule has 1 aromatic heterocycles. The number of nitrogens with zero attached hydrogens (tertiary/aromatic N) is 2. The van der Waals surface area contributed by atoms with Gasteiger partial charge in [0, 0.05) is 17.1 Å². The number of terminal acetylenes is 1. The number of ether oxygens (including phenoxy) is 1. The second kappa shape index (κ2) is 7.75. The number of nitroso groups, excluding NO2 is 1. The zero-order valence-corrected chi connectivity index (χ0v) is 14.6. The number of amides is 1. The lowest BCUT2D eigenvalue weighted by Gasteiger charge is -2.26. The Kier molecular flexibility index (Phi) is 5.71. The molecule has 6 heteroatoms. The van der Waals surface area contributed by atoms with Crippen LogP contribution in [0.5, 0.6) is 5.75 Å². The number of pyridine rings is 1. The van der Waals surface area contributed by atoms with E-state index in [0.717, 1.165) is 10.9 Å². The molecule has 1 N–H and O–H groups in total. The summed E-state index contributed by atoms with van der Waals surface area (Å²) in [5.41, 5.74) is 0.754. The van der Waals surface area contributed by atoms with E-state index in [1.165, 1.54) is 0 Å². The summed E-state index contributed by atoms with van der Waals surface area (Å²) >= 11 is 0. The van der Waals surface area contributed by atoms with Crippen molar-refractivity contribution in [1.29, 1.82) is 0 Å². The van der Waals surface area contributed by atoms with Crippen molar-refractivity contribution in [3.05, 3.63) is 40.9 Å². The van der Waals surface area contributed by atoms with Crippen LogP contribution in [-0.4, -0.2) is 29.1 Å². The first kappa shape index (κ1) is 18.4. The lowest BCUT2D eigenvalue weighted by atomic mass is 10.1. The molecule has 1 heterocycles. The molecule has 0 radical (unpaired) electrons. The van der Waals surface area contributed by atoms with Crippen LogP contribution in [0.1, 0.15) is 32.8 Å². The molecule has 0 bridgehead atoms. The molecule has 1 atom stereocenters. The van der Waals surface area contributed by atoms with Gasteiger partial charge in [0.2, 0.25) is 0 Å². The third-order valence-corrected chi connectivity index (χ3v) is 3.68. The highest BCUT2D eigenvalue weighted by Crippen LogP contribution is 2.22. The Labute approximate surface area is 147 Å². The van der Waals surface area contributed by atoms with Gasteiger partial charge in [0.05, 0.1) is 11.1 Å². The fourth-order valence-electron chi connectivity index (χ4n) is 2.36. The second-order valence-electron chi connectivity index (χ2n) is 6.40. The Balaban J connectivity index is 2.18. The molecule has 2 rings (SSSR count). The van der Waals surface area contributed by atoms with E-state index in [0.29, 0.717) is 17.7 Å². The Morgan fingerprint density at radius 2 is 2.20 bits per heavy atom. The number of carbonyl (C=O) groups excluding carboxylic acids is 1. The normalized spacial score (nSPS) is 12.2. The summed E-state index contributed by atoms with van der Waals surface area (Å²) in [6, 6.07) is 7.22. The molecule has 6 nitrogen and oxygen atoms in total. The molecule has 0 spiro atoms. The predicted octanol–water partition coefficient (Wildman–Crippen LogP) is 3.03. The Morgan fingerprint density at radius 3 is 2.84 bits per heavy atom. The lowest BCUT2D eigenvalue weighted by Crippen LogP contribution is -2.50. The van der Waals surface area contributed by atoms with Gasteiger partial charge >= 0.3 is 0 Å². The fraction of sp³-hybridized carbons (Fsp3) is 0.368. The zero-order chi connectivity index (χ0) is 18.4. The molecule has 0 aliphatic rings. The van der Waals surface area contributed by atoms with Crippen LogP contribution in [0.4, 0.5) is 0 Å². The van der Waals surface area contributed by atoms with E-state index in [-0.39, 0.29) is 12.5 Å². The van der Waals surface area contributed by atoms with Crippen LogP contribution in [0, 0.1) is 17.3 Å². The number of aromatic nitrogens is 1. The van der Waals surface area contributed by atoms with Gasteiger partial charge in [-0.3, -0.25) is 9.78 Å². The summed E-state index contributed by atoms with van der Waals surface area (Å²) in [5.74, 6) is 2.81. The Hall–Kier alpha value is -2.94. The van der Waals surface area contributed by atoms with Gasteiger partial charge in [0.25, 0.3) is 5.91 Å². The van der Waals surface area contributed by atoms with Gasteiger partial charge < -0.3 is 10.1 Å². The van der Waals surface area contributed by atoms with Crippen molar-refractivity contribution in [3.8, 4) is 18.1 Å². The van der Waals surface area contributed by atoms with Crippen molar-refractivity contribution in [3.63, 3.8) is 0 Å². The summed E-state index contributed by atoms with van der Waals surface area (Å²) in [7, 11) is 0. The van der Waals surface area contributed by atoms with E-state index in [4.69, 9.17) is 11.2 Å². The maximum absolute atomic E-state index is 12.4. The van der Waals surface area contributed by atoms with E-state index in [1.807, 2.05) is 19.1 Å². The van der Waals surface area contributed by atoms with Crippen molar-refractivity contribution < 1.29 is 9.53 Å². The standard InChI is InChI=1S/C19H21N3O3/c1-5-13-9-14-10-15(7-8-16(14)20-11-13)25-17(6-2)18(23)22-19(3,4)12-21-24/h1,7-11,17H,6,12H2,2-4H3,(H,22,23). The molecule has 0 aliphatic heterocycles. The molecular formula is C19H21N3O3. The van der Waals surface area contributed by atoms with E-state index in [2.05, 4.69) is 21.4 Å². The second-order valence-corrected chi connectivity index (χ2v) is 6.40. The third-order valence-electron chi connectivity index (χ3n) is 3.68. The number of nitrogens with one attached hydrogen (secondary N) is 1. The van der Waals surface area contributed by atoms with Gasteiger partial charge in [-0.1, -0.05) is 18.0 Å².